The van der Waals surface area contributed by atoms with Crippen LogP contribution in [-0.2, 0) is 10.0 Å². The van der Waals surface area contributed by atoms with Gasteiger partial charge in [-0.15, -0.1) is 0 Å². The van der Waals surface area contributed by atoms with Gasteiger partial charge in [0.25, 0.3) is 0 Å². The minimum Gasteiger partial charge on any atom is -0.314 e. The van der Waals surface area contributed by atoms with Crippen LogP contribution >= 0.6 is 27.5 Å². The summed E-state index contributed by atoms with van der Waals surface area (Å²) in [6.45, 7) is 3.13. The van der Waals surface area contributed by atoms with E-state index in [1.165, 1.54) is 4.31 Å². The average molecular weight is 382 g/mol. The first kappa shape index (κ1) is 16.2. The molecule has 4 nitrogen and oxygen atoms in total. The van der Waals surface area contributed by atoms with Gasteiger partial charge in [0.05, 0.1) is 5.02 Å². The zero-order valence-corrected chi connectivity index (χ0v) is 14.6. The van der Waals surface area contributed by atoms with Gasteiger partial charge in [0.2, 0.25) is 10.0 Å². The molecule has 1 aliphatic heterocycles. The quantitative estimate of drug-likeness (QED) is 0.876. The van der Waals surface area contributed by atoms with E-state index in [9.17, 15) is 8.42 Å². The lowest BCUT2D eigenvalue weighted by Gasteiger charge is -2.38. The van der Waals surface area contributed by atoms with E-state index in [1.54, 1.807) is 18.2 Å². The monoisotopic (exact) mass is 380 g/mol. The van der Waals surface area contributed by atoms with Crippen LogP contribution in [0.1, 0.15) is 19.8 Å². The normalized spacial score (nSPS) is 20.0. The fourth-order valence-electron chi connectivity index (χ4n) is 2.29. The molecule has 2 rings (SSSR count). The molecule has 1 aliphatic rings. The van der Waals surface area contributed by atoms with Crippen molar-refractivity contribution < 1.29 is 8.42 Å². The molecule has 1 N–H and O–H groups in total. The third-order valence-corrected chi connectivity index (χ3v) is 6.82. The summed E-state index contributed by atoms with van der Waals surface area (Å²) in [5, 5.41) is 3.51. The Morgan fingerprint density at radius 1 is 1.35 bits per heavy atom. The van der Waals surface area contributed by atoms with Crippen LogP contribution < -0.4 is 5.32 Å². The van der Waals surface area contributed by atoms with Crippen molar-refractivity contribution in [1.82, 2.24) is 9.62 Å². The van der Waals surface area contributed by atoms with E-state index in [1.807, 2.05) is 7.05 Å². The first-order valence-corrected chi connectivity index (χ1v) is 9.04. The second-order valence-electron chi connectivity index (χ2n) is 5.29. The maximum absolute atomic E-state index is 12.6. The molecule has 0 spiro atoms. The summed E-state index contributed by atoms with van der Waals surface area (Å²) in [6, 6.07) is 4.85. The summed E-state index contributed by atoms with van der Waals surface area (Å²) in [5.41, 5.74) is 0.00946. The zero-order valence-electron chi connectivity index (χ0n) is 11.5. The number of benzene rings is 1. The van der Waals surface area contributed by atoms with Crippen molar-refractivity contribution in [3.63, 3.8) is 0 Å². The van der Waals surface area contributed by atoms with E-state index in [2.05, 4.69) is 28.2 Å². The lowest BCUT2D eigenvalue weighted by atomic mass is 9.91. The highest BCUT2D eigenvalue weighted by atomic mass is 79.9. The summed E-state index contributed by atoms with van der Waals surface area (Å²) in [4.78, 5) is 0.176. The van der Waals surface area contributed by atoms with Crippen molar-refractivity contribution in [2.24, 2.45) is 0 Å². The van der Waals surface area contributed by atoms with Crippen LogP contribution in [0.25, 0.3) is 0 Å². The smallest absolute Gasteiger partial charge is 0.244 e. The standard InChI is InChI=1S/C13H18BrClN2O2S/c1-13(16-2)5-7-17(8-6-13)20(18,19)12-4-3-10(14)9-11(12)15/h3-4,9,16H,5-8H2,1-2H3. The summed E-state index contributed by atoms with van der Waals surface area (Å²) in [7, 11) is -1.60. The largest absolute Gasteiger partial charge is 0.314 e. The number of piperidine rings is 1. The van der Waals surface area contributed by atoms with Gasteiger partial charge in [0.15, 0.2) is 0 Å². The Balaban J connectivity index is 2.24. The third-order valence-electron chi connectivity index (χ3n) is 3.94. The topological polar surface area (TPSA) is 49.4 Å². The number of nitrogens with zero attached hydrogens (tertiary/aromatic N) is 1. The molecule has 1 saturated heterocycles. The van der Waals surface area contributed by atoms with Gasteiger partial charge in [-0.2, -0.15) is 4.31 Å². The molecule has 0 unspecified atom stereocenters. The number of nitrogens with one attached hydrogen (secondary N) is 1. The fraction of sp³-hybridized carbons (Fsp3) is 0.538. The summed E-state index contributed by atoms with van der Waals surface area (Å²) in [5.74, 6) is 0. The molecule has 0 bridgehead atoms. The van der Waals surface area contributed by atoms with Crippen molar-refractivity contribution in [2.75, 3.05) is 20.1 Å². The van der Waals surface area contributed by atoms with Crippen LogP contribution in [0.2, 0.25) is 5.02 Å². The first-order valence-electron chi connectivity index (χ1n) is 6.43. The van der Waals surface area contributed by atoms with E-state index in [0.29, 0.717) is 13.1 Å². The Morgan fingerprint density at radius 2 is 1.95 bits per heavy atom. The molecular formula is C13H18BrClN2O2S. The molecule has 20 heavy (non-hydrogen) atoms. The minimum atomic E-state index is -3.52. The van der Waals surface area contributed by atoms with Crippen LogP contribution in [0, 0.1) is 0 Å². The first-order chi connectivity index (χ1) is 9.28. The Labute approximate surface area is 133 Å². The van der Waals surface area contributed by atoms with Gasteiger partial charge in [0, 0.05) is 23.1 Å². The Bertz CT molecular complexity index is 598. The Morgan fingerprint density at radius 3 is 2.45 bits per heavy atom. The third kappa shape index (κ3) is 3.20. The van der Waals surface area contributed by atoms with Crippen molar-refractivity contribution >= 4 is 37.6 Å². The second-order valence-corrected chi connectivity index (χ2v) is 8.52. The second kappa shape index (κ2) is 5.93. The maximum atomic E-state index is 12.6. The van der Waals surface area contributed by atoms with E-state index in [4.69, 9.17) is 11.6 Å². The zero-order chi connectivity index (χ0) is 15.0. The SMILES string of the molecule is CNC1(C)CCN(S(=O)(=O)c2ccc(Br)cc2Cl)CC1. The molecule has 0 aliphatic carbocycles. The lowest BCUT2D eigenvalue weighted by Crippen LogP contribution is -2.51. The summed E-state index contributed by atoms with van der Waals surface area (Å²) in [6.07, 6.45) is 1.58. The molecule has 1 aromatic rings. The van der Waals surface area contributed by atoms with Gasteiger partial charge in [-0.05, 0) is 45.0 Å². The van der Waals surface area contributed by atoms with E-state index >= 15 is 0 Å². The molecule has 7 heteroatoms. The van der Waals surface area contributed by atoms with Crippen molar-refractivity contribution in [2.45, 2.75) is 30.2 Å². The van der Waals surface area contributed by atoms with Crippen LogP contribution in [-0.4, -0.2) is 38.4 Å². The molecule has 1 aromatic carbocycles. The van der Waals surface area contributed by atoms with E-state index < -0.39 is 10.0 Å². The Kier molecular flexibility index (Phi) is 4.81. The molecule has 0 aromatic heterocycles. The van der Waals surface area contributed by atoms with E-state index in [0.717, 1.165) is 17.3 Å². The predicted molar refractivity (Wildman–Crippen MR) is 84.6 cm³/mol. The van der Waals surface area contributed by atoms with Crippen molar-refractivity contribution in [3.8, 4) is 0 Å². The van der Waals surface area contributed by atoms with Crippen LogP contribution in [0.3, 0.4) is 0 Å². The van der Waals surface area contributed by atoms with E-state index in [-0.39, 0.29) is 15.5 Å². The van der Waals surface area contributed by atoms with Gasteiger partial charge >= 0.3 is 0 Å². The number of hydrogen-bond donors (Lipinski definition) is 1. The highest BCUT2D eigenvalue weighted by Crippen LogP contribution is 2.31. The van der Waals surface area contributed by atoms with Gasteiger partial charge in [-0.3, -0.25) is 0 Å². The molecule has 1 heterocycles. The summed E-state index contributed by atoms with van der Waals surface area (Å²) >= 11 is 9.35. The fourth-order valence-corrected chi connectivity index (χ4v) is 4.75. The van der Waals surface area contributed by atoms with Gasteiger partial charge < -0.3 is 5.32 Å². The Hall–Kier alpha value is -0.140. The van der Waals surface area contributed by atoms with Crippen LogP contribution in [0.15, 0.2) is 27.6 Å². The van der Waals surface area contributed by atoms with Gasteiger partial charge in [0.1, 0.15) is 4.90 Å². The number of rotatable bonds is 3. The van der Waals surface area contributed by atoms with Crippen molar-refractivity contribution in [1.29, 1.82) is 0 Å². The van der Waals surface area contributed by atoms with Gasteiger partial charge in [-0.1, -0.05) is 27.5 Å². The molecule has 0 amide bonds. The predicted octanol–water partition coefficient (Wildman–Crippen LogP) is 2.87. The van der Waals surface area contributed by atoms with Crippen molar-refractivity contribution in [3.05, 3.63) is 27.7 Å². The average Bonchev–Trinajstić information content (AvgIpc) is 2.39. The molecule has 0 atom stereocenters. The molecule has 112 valence electrons. The highest BCUT2D eigenvalue weighted by Gasteiger charge is 2.35. The molecule has 0 saturated carbocycles. The summed E-state index contributed by atoms with van der Waals surface area (Å²) < 4.78 is 27.5. The molecular weight excluding hydrogens is 364 g/mol. The van der Waals surface area contributed by atoms with Crippen LogP contribution in [0.5, 0.6) is 0 Å². The highest BCUT2D eigenvalue weighted by molar-refractivity contribution is 9.10. The molecule has 0 radical (unpaired) electrons. The molecule has 1 fully saturated rings. The maximum Gasteiger partial charge on any atom is 0.244 e. The van der Waals surface area contributed by atoms with Crippen LogP contribution in [0.4, 0.5) is 0 Å². The van der Waals surface area contributed by atoms with Gasteiger partial charge in [-0.25, -0.2) is 8.42 Å². The lowest BCUT2D eigenvalue weighted by molar-refractivity contribution is 0.219. The number of hydrogen-bond acceptors (Lipinski definition) is 3. The number of sulfonamides is 1. The number of halogens is 2. The minimum absolute atomic E-state index is 0.00946.